The summed E-state index contributed by atoms with van der Waals surface area (Å²) >= 11 is 0. The van der Waals surface area contributed by atoms with Crippen LogP contribution in [0.1, 0.15) is 137 Å². The van der Waals surface area contributed by atoms with Gasteiger partial charge in [0.1, 0.15) is 12.1 Å². The standard InChI is InChI=1S/C38H63N5O7S/c1-36(2,3)51(49,50)23-38(18-10-7-11-19-38)42-35(48)41-29(25-15-8-6-9-16-25)34(47)43-22-27-26(17-20-37(27,4)5)30(43)33(46)40-28(31(44)32(39)45)21-24-13-12-14-24/h24-30H,6-23H2,1-5H3,(H2,39,45)(H,40,46)(H2,41,42,48)/t26-,27-,28?,29-,30-/m0/s1. The first kappa shape index (κ1) is 39.5. The maximum atomic E-state index is 14.9. The summed E-state index contributed by atoms with van der Waals surface area (Å²) in [5.74, 6) is -2.85. The summed E-state index contributed by atoms with van der Waals surface area (Å²) in [5.41, 5.74) is 4.36. The van der Waals surface area contributed by atoms with Gasteiger partial charge >= 0.3 is 6.03 Å². The van der Waals surface area contributed by atoms with Gasteiger partial charge in [-0.3, -0.25) is 19.2 Å². The van der Waals surface area contributed by atoms with Gasteiger partial charge in [-0.1, -0.05) is 71.6 Å². The van der Waals surface area contributed by atoms with Gasteiger partial charge in [-0.25, -0.2) is 13.2 Å². The quantitative estimate of drug-likeness (QED) is 0.217. The van der Waals surface area contributed by atoms with Crippen LogP contribution in [0.15, 0.2) is 0 Å². The highest BCUT2D eigenvalue weighted by atomic mass is 32.2. The molecule has 0 spiro atoms. The molecule has 5 N–H and O–H groups in total. The molecule has 1 aliphatic heterocycles. The van der Waals surface area contributed by atoms with E-state index in [9.17, 15) is 32.4 Å². The van der Waals surface area contributed by atoms with E-state index in [1.165, 1.54) is 0 Å². The average Bonchev–Trinajstić information content (AvgIpc) is 3.57. The van der Waals surface area contributed by atoms with Crippen LogP contribution in [0, 0.1) is 29.1 Å². The Bertz CT molecular complexity index is 1440. The number of primary amides is 1. The molecule has 5 fully saturated rings. The fraction of sp³-hybridized carbons (Fsp3) is 0.868. The van der Waals surface area contributed by atoms with E-state index in [0.29, 0.717) is 25.8 Å². The number of likely N-dealkylation sites (tertiary alicyclic amines) is 1. The monoisotopic (exact) mass is 733 g/mol. The predicted octanol–water partition coefficient (Wildman–Crippen LogP) is 4.14. The number of carbonyl (C=O) groups is 5. The molecule has 1 heterocycles. The van der Waals surface area contributed by atoms with Gasteiger partial charge < -0.3 is 26.6 Å². The summed E-state index contributed by atoms with van der Waals surface area (Å²) in [7, 11) is -3.56. The summed E-state index contributed by atoms with van der Waals surface area (Å²) in [5, 5.41) is 8.99. The first-order valence-corrected chi connectivity index (χ1v) is 21.2. The number of fused-ring (bicyclic) bond motifs is 1. The molecule has 1 saturated heterocycles. The Morgan fingerprint density at radius 2 is 1.47 bits per heavy atom. The van der Waals surface area contributed by atoms with E-state index >= 15 is 0 Å². The molecule has 0 radical (unpaired) electrons. The third kappa shape index (κ3) is 8.75. The van der Waals surface area contributed by atoms with Crippen LogP contribution in [-0.4, -0.2) is 83.6 Å². The van der Waals surface area contributed by atoms with E-state index in [-0.39, 0.29) is 40.7 Å². The van der Waals surface area contributed by atoms with Crippen LogP contribution in [0.3, 0.4) is 0 Å². The minimum atomic E-state index is -3.56. The smallest absolute Gasteiger partial charge is 0.315 e. The fourth-order valence-corrected chi connectivity index (χ4v) is 11.2. The largest absolute Gasteiger partial charge is 0.363 e. The van der Waals surface area contributed by atoms with Gasteiger partial charge in [0.15, 0.2) is 9.84 Å². The van der Waals surface area contributed by atoms with E-state index in [0.717, 1.165) is 83.5 Å². The van der Waals surface area contributed by atoms with Gasteiger partial charge in [0.25, 0.3) is 5.91 Å². The van der Waals surface area contributed by atoms with E-state index in [1.807, 2.05) is 0 Å². The predicted molar refractivity (Wildman–Crippen MR) is 195 cm³/mol. The number of nitrogens with one attached hydrogen (secondary N) is 3. The van der Waals surface area contributed by atoms with Gasteiger partial charge in [0.2, 0.25) is 17.6 Å². The van der Waals surface area contributed by atoms with E-state index in [1.54, 1.807) is 25.7 Å². The number of ketones is 1. The number of nitrogens with two attached hydrogens (primary N) is 1. The number of Topliss-reactive ketones (excluding diaryl/α,β-unsaturated/α-hetero) is 1. The molecule has 288 valence electrons. The van der Waals surface area contributed by atoms with Crippen molar-refractivity contribution in [2.75, 3.05) is 12.3 Å². The topological polar surface area (TPSA) is 185 Å². The molecule has 0 aromatic heterocycles. The first-order valence-electron chi connectivity index (χ1n) is 19.6. The molecule has 5 atom stereocenters. The molecule has 0 aromatic carbocycles. The van der Waals surface area contributed by atoms with Crippen molar-refractivity contribution >= 4 is 39.4 Å². The summed E-state index contributed by atoms with van der Waals surface area (Å²) in [6.07, 6.45) is 12.9. The molecule has 12 nitrogen and oxygen atoms in total. The van der Waals surface area contributed by atoms with E-state index < -0.39 is 61.9 Å². The highest BCUT2D eigenvalue weighted by Crippen LogP contribution is 2.53. The van der Waals surface area contributed by atoms with Crippen molar-refractivity contribution in [1.82, 2.24) is 20.9 Å². The first-order chi connectivity index (χ1) is 23.8. The van der Waals surface area contributed by atoms with Gasteiger partial charge in [-0.05, 0) is 94.8 Å². The Kier molecular flexibility index (Phi) is 11.9. The molecule has 5 aliphatic rings. The van der Waals surface area contributed by atoms with Crippen LogP contribution in [0.2, 0.25) is 0 Å². The summed E-state index contributed by atoms with van der Waals surface area (Å²) in [4.78, 5) is 69.8. The number of hydrogen-bond acceptors (Lipinski definition) is 7. The molecule has 0 bridgehead atoms. The third-order valence-corrected chi connectivity index (χ3v) is 16.1. The lowest BCUT2D eigenvalue weighted by Gasteiger charge is -2.41. The lowest BCUT2D eigenvalue weighted by Crippen LogP contribution is -2.63. The Morgan fingerprint density at radius 1 is 0.843 bits per heavy atom. The fourth-order valence-electron chi connectivity index (χ4n) is 9.67. The molecular weight excluding hydrogens is 671 g/mol. The molecule has 5 amide bonds. The van der Waals surface area contributed by atoms with Crippen LogP contribution >= 0.6 is 0 Å². The van der Waals surface area contributed by atoms with Crippen LogP contribution in [0.5, 0.6) is 0 Å². The van der Waals surface area contributed by atoms with E-state index in [4.69, 9.17) is 5.73 Å². The van der Waals surface area contributed by atoms with Crippen molar-refractivity contribution in [3.63, 3.8) is 0 Å². The Labute approximate surface area is 304 Å². The van der Waals surface area contributed by atoms with Gasteiger partial charge in [-0.2, -0.15) is 0 Å². The van der Waals surface area contributed by atoms with Crippen molar-refractivity contribution in [2.45, 2.75) is 166 Å². The second-order valence-electron chi connectivity index (χ2n) is 18.2. The summed E-state index contributed by atoms with van der Waals surface area (Å²) in [6.45, 7) is 9.71. The Hall–Kier alpha value is -2.70. The third-order valence-electron chi connectivity index (χ3n) is 13.3. The number of hydrogen-bond donors (Lipinski definition) is 4. The van der Waals surface area contributed by atoms with Gasteiger partial charge in [0.05, 0.1) is 22.1 Å². The molecule has 51 heavy (non-hydrogen) atoms. The second kappa shape index (κ2) is 15.3. The van der Waals surface area contributed by atoms with Crippen molar-refractivity contribution in [1.29, 1.82) is 0 Å². The highest BCUT2D eigenvalue weighted by Gasteiger charge is 2.57. The molecular formula is C38H63N5O7S. The summed E-state index contributed by atoms with van der Waals surface area (Å²) in [6, 6.07) is -3.36. The second-order valence-corrected chi connectivity index (χ2v) is 21.0. The lowest BCUT2D eigenvalue weighted by molar-refractivity contribution is -0.144. The zero-order valence-electron chi connectivity index (χ0n) is 31.6. The maximum absolute atomic E-state index is 14.9. The number of urea groups is 1. The molecule has 4 aliphatic carbocycles. The van der Waals surface area contributed by atoms with Crippen LogP contribution in [-0.2, 0) is 29.0 Å². The molecule has 0 aromatic rings. The lowest BCUT2D eigenvalue weighted by atomic mass is 9.79. The average molecular weight is 734 g/mol. The molecule has 13 heteroatoms. The Morgan fingerprint density at radius 3 is 2.04 bits per heavy atom. The zero-order valence-corrected chi connectivity index (χ0v) is 32.4. The number of amides is 5. The molecule has 4 saturated carbocycles. The number of rotatable bonds is 12. The van der Waals surface area contributed by atoms with Gasteiger partial charge in [-0.15, -0.1) is 0 Å². The van der Waals surface area contributed by atoms with Crippen LogP contribution in [0.4, 0.5) is 4.79 Å². The number of carbonyl (C=O) groups excluding carboxylic acids is 5. The SMILES string of the molecule is CC1(C)CC[C@@H]2[C@@H](C(=O)NC(CC3CCC3)C(=O)C(N)=O)N(C(=O)[C@@H](NC(=O)NC3(CS(=O)(=O)C(C)(C)C)CCCCC3)C3CCCCC3)C[C@@H]21. The minimum Gasteiger partial charge on any atom is -0.363 e. The number of nitrogens with zero attached hydrogens (tertiary/aromatic N) is 1. The minimum absolute atomic E-state index is 0.0445. The van der Waals surface area contributed by atoms with E-state index in [2.05, 4.69) is 29.8 Å². The molecule has 1 unspecified atom stereocenters. The van der Waals surface area contributed by atoms with Gasteiger partial charge in [0, 0.05) is 6.54 Å². The van der Waals surface area contributed by atoms with Crippen LogP contribution < -0.4 is 21.7 Å². The van der Waals surface area contributed by atoms with Crippen molar-refractivity contribution in [3.8, 4) is 0 Å². The maximum Gasteiger partial charge on any atom is 0.315 e. The Balaban J connectivity index is 1.41. The summed E-state index contributed by atoms with van der Waals surface area (Å²) < 4.78 is 25.9. The van der Waals surface area contributed by atoms with Crippen molar-refractivity contribution < 1.29 is 32.4 Å². The normalized spacial score (nSPS) is 27.8. The zero-order chi connectivity index (χ0) is 37.4. The van der Waals surface area contributed by atoms with Crippen LogP contribution in [0.25, 0.3) is 0 Å². The molecule has 5 rings (SSSR count). The van der Waals surface area contributed by atoms with Crippen molar-refractivity contribution in [3.05, 3.63) is 0 Å². The van der Waals surface area contributed by atoms with Crippen molar-refractivity contribution in [2.24, 2.45) is 34.8 Å². The number of sulfone groups is 1. The highest BCUT2D eigenvalue weighted by molar-refractivity contribution is 7.92.